The molecule has 0 spiro atoms. The zero-order chi connectivity index (χ0) is 20.6. The lowest BCUT2D eigenvalue weighted by molar-refractivity contribution is 0.0883. The molecule has 1 aliphatic heterocycles. The van der Waals surface area contributed by atoms with Crippen LogP contribution in [-0.2, 0) is 10.0 Å². The largest absolute Gasteiger partial charge is 0.451 e. The first-order chi connectivity index (χ1) is 13.9. The number of nitrogens with one attached hydrogen (secondary N) is 1. The lowest BCUT2D eigenvalue weighted by atomic mass is 9.86. The first kappa shape index (κ1) is 20.4. The van der Waals surface area contributed by atoms with Crippen molar-refractivity contribution < 1.29 is 17.6 Å². The molecule has 1 aliphatic carbocycles. The van der Waals surface area contributed by atoms with Gasteiger partial charge in [0, 0.05) is 30.1 Å². The topological polar surface area (TPSA) is 79.6 Å². The minimum atomic E-state index is -3.52. The molecule has 2 heterocycles. The maximum atomic E-state index is 13.0. The highest BCUT2D eigenvalue weighted by molar-refractivity contribution is 7.89. The van der Waals surface area contributed by atoms with Gasteiger partial charge in [-0.3, -0.25) is 4.79 Å². The summed E-state index contributed by atoms with van der Waals surface area (Å²) in [6.45, 7) is 5.13. The predicted octanol–water partition coefficient (Wildman–Crippen LogP) is 4.22. The zero-order valence-electron chi connectivity index (χ0n) is 17.2. The minimum absolute atomic E-state index is 0.166. The average Bonchev–Trinajstić information content (AvgIpc) is 3.06. The summed E-state index contributed by atoms with van der Waals surface area (Å²) in [6.07, 6.45) is 7.33. The second kappa shape index (κ2) is 8.11. The molecule has 1 saturated carbocycles. The van der Waals surface area contributed by atoms with Crippen LogP contribution in [0.2, 0.25) is 0 Å². The van der Waals surface area contributed by atoms with Crippen molar-refractivity contribution in [1.82, 2.24) is 9.62 Å². The maximum Gasteiger partial charge on any atom is 0.287 e. The van der Waals surface area contributed by atoms with E-state index < -0.39 is 10.0 Å². The number of hydrogen-bond donors (Lipinski definition) is 1. The van der Waals surface area contributed by atoms with Gasteiger partial charge in [0.15, 0.2) is 5.76 Å². The van der Waals surface area contributed by atoms with Crippen molar-refractivity contribution in [1.29, 1.82) is 0 Å². The molecular weight excluding hydrogens is 388 g/mol. The Bertz CT molecular complexity index is 1010. The second-order valence-corrected chi connectivity index (χ2v) is 10.5. The van der Waals surface area contributed by atoms with Crippen LogP contribution in [0.4, 0.5) is 0 Å². The molecule has 29 heavy (non-hydrogen) atoms. The Morgan fingerprint density at radius 3 is 2.55 bits per heavy atom. The quantitative estimate of drug-likeness (QED) is 0.806. The summed E-state index contributed by atoms with van der Waals surface area (Å²) in [5, 5.41) is 3.81. The first-order valence-electron chi connectivity index (χ1n) is 10.7. The van der Waals surface area contributed by atoms with Gasteiger partial charge in [-0.05, 0) is 56.7 Å². The summed E-state index contributed by atoms with van der Waals surface area (Å²) >= 11 is 0. The number of carbonyl (C=O) groups excluding carboxylic acids is 1. The number of nitrogens with zero attached hydrogens (tertiary/aromatic N) is 1. The summed E-state index contributed by atoms with van der Waals surface area (Å²) in [7, 11) is -3.52. The van der Waals surface area contributed by atoms with E-state index in [2.05, 4.69) is 12.2 Å². The van der Waals surface area contributed by atoms with Crippen molar-refractivity contribution >= 4 is 26.9 Å². The van der Waals surface area contributed by atoms with Gasteiger partial charge in [-0.15, -0.1) is 0 Å². The molecule has 1 aromatic carbocycles. The van der Waals surface area contributed by atoms with E-state index in [0.29, 0.717) is 35.5 Å². The van der Waals surface area contributed by atoms with Crippen molar-refractivity contribution in [3.05, 3.63) is 29.5 Å². The van der Waals surface area contributed by atoms with Gasteiger partial charge in [-0.2, -0.15) is 4.31 Å². The van der Waals surface area contributed by atoms with Crippen LogP contribution in [0.3, 0.4) is 0 Å². The van der Waals surface area contributed by atoms with Crippen molar-refractivity contribution in [3.8, 4) is 0 Å². The minimum Gasteiger partial charge on any atom is -0.451 e. The molecule has 7 heteroatoms. The van der Waals surface area contributed by atoms with Crippen LogP contribution in [0.1, 0.15) is 68.0 Å². The highest BCUT2D eigenvalue weighted by Gasteiger charge is 2.29. The third-order valence-electron chi connectivity index (χ3n) is 6.49. The molecule has 6 nitrogen and oxygen atoms in total. The lowest BCUT2D eigenvalue weighted by Crippen LogP contribution is -2.41. The fourth-order valence-electron chi connectivity index (χ4n) is 4.60. The zero-order valence-corrected chi connectivity index (χ0v) is 18.1. The van der Waals surface area contributed by atoms with Crippen LogP contribution in [0.15, 0.2) is 27.5 Å². The van der Waals surface area contributed by atoms with E-state index in [0.717, 1.165) is 38.5 Å². The van der Waals surface area contributed by atoms with E-state index in [-0.39, 0.29) is 22.6 Å². The first-order valence-corrected chi connectivity index (χ1v) is 12.2. The Morgan fingerprint density at radius 1 is 1.10 bits per heavy atom. The van der Waals surface area contributed by atoms with Crippen LogP contribution in [0.5, 0.6) is 0 Å². The summed E-state index contributed by atoms with van der Waals surface area (Å²) in [5.74, 6) is 0.529. The van der Waals surface area contributed by atoms with Gasteiger partial charge < -0.3 is 9.73 Å². The van der Waals surface area contributed by atoms with E-state index in [9.17, 15) is 13.2 Å². The fraction of sp³-hybridized carbons (Fsp3) is 0.591. The van der Waals surface area contributed by atoms with Crippen molar-refractivity contribution in [3.63, 3.8) is 0 Å². The number of carbonyl (C=O) groups is 1. The normalized spacial score (nSPS) is 23.9. The molecule has 1 N–H and O–H groups in total. The number of benzene rings is 1. The van der Waals surface area contributed by atoms with E-state index >= 15 is 0 Å². The van der Waals surface area contributed by atoms with Gasteiger partial charge in [-0.25, -0.2) is 8.42 Å². The van der Waals surface area contributed by atoms with Gasteiger partial charge in [-0.1, -0.05) is 26.2 Å². The Kier molecular flexibility index (Phi) is 5.71. The Labute approximate surface area is 172 Å². The van der Waals surface area contributed by atoms with E-state index in [1.54, 1.807) is 22.5 Å². The molecule has 2 aliphatic rings. The monoisotopic (exact) mass is 418 g/mol. The molecule has 4 rings (SSSR count). The SMILES string of the molecule is Cc1c(C(=O)NC2CCCCC2C)oc2ccc(S(=O)(=O)N3CCCCC3)cc12. The molecule has 2 atom stereocenters. The lowest BCUT2D eigenvalue weighted by Gasteiger charge is -2.29. The average molecular weight is 419 g/mol. The number of aryl methyl sites for hydroxylation is 1. The molecule has 1 saturated heterocycles. The van der Waals surface area contributed by atoms with Crippen LogP contribution in [-0.4, -0.2) is 37.8 Å². The summed E-state index contributed by atoms with van der Waals surface area (Å²) < 4.78 is 33.4. The number of hydrogen-bond acceptors (Lipinski definition) is 4. The van der Waals surface area contributed by atoms with Gasteiger partial charge in [0.2, 0.25) is 10.0 Å². The second-order valence-electron chi connectivity index (χ2n) is 8.52. The predicted molar refractivity (Wildman–Crippen MR) is 112 cm³/mol. The number of rotatable bonds is 4. The highest BCUT2D eigenvalue weighted by Crippen LogP contribution is 2.30. The standard InChI is InChI=1S/C22H30N2O4S/c1-15-8-4-5-9-19(15)23-22(25)21-16(2)18-14-17(10-11-20(18)28-21)29(26,27)24-12-6-3-7-13-24/h10-11,14-15,19H,3-9,12-13H2,1-2H3,(H,23,25). The summed E-state index contributed by atoms with van der Waals surface area (Å²) in [6, 6.07) is 5.07. The summed E-state index contributed by atoms with van der Waals surface area (Å²) in [5.41, 5.74) is 1.23. The fourth-order valence-corrected chi connectivity index (χ4v) is 6.14. The number of piperidine rings is 1. The Morgan fingerprint density at radius 2 is 1.83 bits per heavy atom. The van der Waals surface area contributed by atoms with Gasteiger partial charge >= 0.3 is 0 Å². The summed E-state index contributed by atoms with van der Waals surface area (Å²) in [4.78, 5) is 13.1. The number of furan rings is 1. The maximum absolute atomic E-state index is 13.0. The number of sulfonamides is 1. The molecule has 2 fully saturated rings. The van der Waals surface area contributed by atoms with E-state index in [1.165, 1.54) is 6.42 Å². The van der Waals surface area contributed by atoms with Gasteiger partial charge in [0.05, 0.1) is 4.90 Å². The molecule has 1 aromatic heterocycles. The van der Waals surface area contributed by atoms with Crippen molar-refractivity contribution in [2.45, 2.75) is 69.7 Å². The third kappa shape index (κ3) is 3.94. The van der Waals surface area contributed by atoms with Crippen LogP contribution < -0.4 is 5.32 Å². The van der Waals surface area contributed by atoms with Crippen LogP contribution in [0.25, 0.3) is 11.0 Å². The van der Waals surface area contributed by atoms with E-state index in [4.69, 9.17) is 4.42 Å². The van der Waals surface area contributed by atoms with Gasteiger partial charge in [0.25, 0.3) is 5.91 Å². The highest BCUT2D eigenvalue weighted by atomic mass is 32.2. The van der Waals surface area contributed by atoms with Crippen LogP contribution >= 0.6 is 0 Å². The third-order valence-corrected chi connectivity index (χ3v) is 8.39. The Balaban J connectivity index is 1.61. The molecular formula is C22H30N2O4S. The van der Waals surface area contributed by atoms with Crippen LogP contribution in [0, 0.1) is 12.8 Å². The Hall–Kier alpha value is -1.86. The van der Waals surface area contributed by atoms with Crippen molar-refractivity contribution in [2.24, 2.45) is 5.92 Å². The number of amides is 1. The van der Waals surface area contributed by atoms with Gasteiger partial charge in [0.1, 0.15) is 5.58 Å². The van der Waals surface area contributed by atoms with Crippen molar-refractivity contribution in [2.75, 3.05) is 13.1 Å². The molecule has 158 valence electrons. The molecule has 0 radical (unpaired) electrons. The molecule has 1 amide bonds. The molecule has 2 aromatic rings. The smallest absolute Gasteiger partial charge is 0.287 e. The number of fused-ring (bicyclic) bond motifs is 1. The van der Waals surface area contributed by atoms with E-state index in [1.807, 2.05) is 6.92 Å². The molecule has 2 unspecified atom stereocenters. The molecule has 0 bridgehead atoms.